The lowest BCUT2D eigenvalue weighted by Crippen LogP contribution is -2.13. The van der Waals surface area contributed by atoms with Crippen molar-refractivity contribution < 1.29 is 4.79 Å². The number of nitrogens with zero attached hydrogens (tertiary/aromatic N) is 1. The van der Waals surface area contributed by atoms with Crippen molar-refractivity contribution >= 4 is 22.2 Å². The third kappa shape index (κ3) is 2.04. The van der Waals surface area contributed by atoms with Gasteiger partial charge in [0.25, 0.3) is 0 Å². The van der Waals surface area contributed by atoms with Gasteiger partial charge in [0.05, 0.1) is 5.56 Å². The van der Waals surface area contributed by atoms with Crippen LogP contribution in [0.15, 0.2) is 0 Å². The van der Waals surface area contributed by atoms with Gasteiger partial charge in [-0.05, 0) is 43.6 Å². The first kappa shape index (κ1) is 11.7. The molecular formula is C14H16N2OS. The molecule has 18 heavy (non-hydrogen) atoms. The number of thiophene rings is 1. The second-order valence-electron chi connectivity index (χ2n) is 5.43. The molecule has 0 aliphatic heterocycles. The number of hydrogen-bond donors (Lipinski definition) is 1. The summed E-state index contributed by atoms with van der Waals surface area (Å²) in [6, 6.07) is 2.28. The molecule has 2 aliphatic rings. The molecule has 4 heteroatoms. The lowest BCUT2D eigenvalue weighted by atomic mass is 9.88. The van der Waals surface area contributed by atoms with Crippen LogP contribution in [-0.4, -0.2) is 5.91 Å². The van der Waals surface area contributed by atoms with Crippen LogP contribution in [0.5, 0.6) is 0 Å². The van der Waals surface area contributed by atoms with Crippen molar-refractivity contribution in [2.24, 2.45) is 11.8 Å². The van der Waals surface area contributed by atoms with Crippen LogP contribution < -0.4 is 5.32 Å². The number of anilines is 1. The van der Waals surface area contributed by atoms with E-state index in [2.05, 4.69) is 18.3 Å². The first-order chi connectivity index (χ1) is 8.69. The third-order valence-electron chi connectivity index (χ3n) is 3.80. The molecule has 0 aromatic carbocycles. The van der Waals surface area contributed by atoms with Crippen LogP contribution in [0.2, 0.25) is 0 Å². The van der Waals surface area contributed by atoms with Gasteiger partial charge in [0.15, 0.2) is 0 Å². The molecule has 0 radical (unpaired) electrons. The molecule has 1 amide bonds. The highest BCUT2D eigenvalue weighted by Crippen LogP contribution is 2.40. The minimum Gasteiger partial charge on any atom is -0.316 e. The van der Waals surface area contributed by atoms with E-state index in [9.17, 15) is 10.1 Å². The molecule has 1 fully saturated rings. The van der Waals surface area contributed by atoms with Crippen molar-refractivity contribution in [1.82, 2.24) is 0 Å². The number of aryl methyl sites for hydroxylation is 1. The van der Waals surface area contributed by atoms with Crippen molar-refractivity contribution in [1.29, 1.82) is 5.26 Å². The predicted octanol–water partition coefficient (Wildman–Crippen LogP) is 3.09. The van der Waals surface area contributed by atoms with E-state index >= 15 is 0 Å². The summed E-state index contributed by atoms with van der Waals surface area (Å²) in [7, 11) is 0. The predicted molar refractivity (Wildman–Crippen MR) is 71.6 cm³/mol. The van der Waals surface area contributed by atoms with Crippen LogP contribution >= 0.6 is 11.3 Å². The molecule has 0 spiro atoms. The summed E-state index contributed by atoms with van der Waals surface area (Å²) in [6.07, 6.45) is 5.21. The number of carbonyl (C=O) groups is 1. The maximum absolute atomic E-state index is 11.8. The summed E-state index contributed by atoms with van der Waals surface area (Å²) in [5, 5.41) is 13.1. The maximum atomic E-state index is 11.8. The molecule has 0 saturated heterocycles. The Balaban J connectivity index is 1.90. The first-order valence-electron chi connectivity index (χ1n) is 6.54. The maximum Gasteiger partial charge on any atom is 0.228 e. The summed E-state index contributed by atoms with van der Waals surface area (Å²) in [6.45, 7) is 2.23. The number of amides is 1. The fraction of sp³-hybridized carbons (Fsp3) is 0.571. The molecule has 1 saturated carbocycles. The molecule has 1 heterocycles. The third-order valence-corrected chi connectivity index (χ3v) is 5.01. The SMILES string of the molecule is C[C@H]1CCc2sc(NC(=O)C3CC3)c(C#N)c2C1. The molecule has 1 atom stereocenters. The zero-order chi connectivity index (χ0) is 12.7. The van der Waals surface area contributed by atoms with Gasteiger partial charge < -0.3 is 5.32 Å². The van der Waals surface area contributed by atoms with Crippen LogP contribution in [-0.2, 0) is 17.6 Å². The Hall–Kier alpha value is -1.34. The Kier molecular flexibility index (Phi) is 2.87. The average Bonchev–Trinajstić information content (AvgIpc) is 3.13. The summed E-state index contributed by atoms with van der Waals surface area (Å²) in [5.41, 5.74) is 1.91. The zero-order valence-electron chi connectivity index (χ0n) is 10.5. The van der Waals surface area contributed by atoms with Crippen LogP contribution in [0.1, 0.15) is 42.2 Å². The highest BCUT2D eigenvalue weighted by atomic mass is 32.1. The van der Waals surface area contributed by atoms with Crippen LogP contribution in [0, 0.1) is 23.2 Å². The normalized spacial score (nSPS) is 22.1. The van der Waals surface area contributed by atoms with Crippen molar-refractivity contribution in [3.8, 4) is 6.07 Å². The quantitative estimate of drug-likeness (QED) is 0.888. The van der Waals surface area contributed by atoms with Gasteiger partial charge in [-0.3, -0.25) is 4.79 Å². The smallest absolute Gasteiger partial charge is 0.228 e. The Morgan fingerprint density at radius 3 is 2.89 bits per heavy atom. The molecule has 3 rings (SSSR count). The molecule has 94 valence electrons. The largest absolute Gasteiger partial charge is 0.316 e. The van der Waals surface area contributed by atoms with Crippen LogP contribution in [0.4, 0.5) is 5.00 Å². The molecule has 1 aromatic rings. The van der Waals surface area contributed by atoms with E-state index < -0.39 is 0 Å². The number of rotatable bonds is 2. The van der Waals surface area contributed by atoms with E-state index in [1.807, 2.05) is 0 Å². The molecule has 0 unspecified atom stereocenters. The van der Waals surface area contributed by atoms with E-state index in [-0.39, 0.29) is 11.8 Å². The van der Waals surface area contributed by atoms with E-state index in [1.165, 1.54) is 16.9 Å². The Labute approximate surface area is 111 Å². The summed E-state index contributed by atoms with van der Waals surface area (Å²) in [4.78, 5) is 13.1. The monoisotopic (exact) mass is 260 g/mol. The van der Waals surface area contributed by atoms with Gasteiger partial charge >= 0.3 is 0 Å². The summed E-state index contributed by atoms with van der Waals surface area (Å²) >= 11 is 1.61. The molecule has 1 N–H and O–H groups in total. The number of nitrogens with one attached hydrogen (secondary N) is 1. The second-order valence-corrected chi connectivity index (χ2v) is 6.54. The number of hydrogen-bond acceptors (Lipinski definition) is 3. The molecule has 2 aliphatic carbocycles. The summed E-state index contributed by atoms with van der Waals surface area (Å²) < 4.78 is 0. The Morgan fingerprint density at radius 2 is 2.22 bits per heavy atom. The zero-order valence-corrected chi connectivity index (χ0v) is 11.3. The number of fused-ring (bicyclic) bond motifs is 1. The highest BCUT2D eigenvalue weighted by Gasteiger charge is 2.31. The lowest BCUT2D eigenvalue weighted by Gasteiger charge is -2.17. The van der Waals surface area contributed by atoms with Gasteiger partial charge in [0.2, 0.25) is 5.91 Å². The van der Waals surface area contributed by atoms with Crippen molar-refractivity contribution in [2.75, 3.05) is 5.32 Å². The summed E-state index contributed by atoms with van der Waals surface area (Å²) in [5.74, 6) is 0.930. The molecule has 1 aromatic heterocycles. The molecular weight excluding hydrogens is 244 g/mol. The van der Waals surface area contributed by atoms with Gasteiger partial charge in [-0.25, -0.2) is 0 Å². The average molecular weight is 260 g/mol. The van der Waals surface area contributed by atoms with Gasteiger partial charge in [-0.1, -0.05) is 6.92 Å². The van der Waals surface area contributed by atoms with Crippen molar-refractivity contribution in [3.63, 3.8) is 0 Å². The Bertz CT molecular complexity index is 537. The fourth-order valence-electron chi connectivity index (χ4n) is 2.52. The minimum atomic E-state index is 0.0955. The minimum absolute atomic E-state index is 0.0955. The van der Waals surface area contributed by atoms with Gasteiger partial charge in [0, 0.05) is 10.8 Å². The van der Waals surface area contributed by atoms with E-state index in [0.717, 1.165) is 36.2 Å². The topological polar surface area (TPSA) is 52.9 Å². The molecule has 0 bridgehead atoms. The van der Waals surface area contributed by atoms with E-state index in [1.54, 1.807) is 11.3 Å². The van der Waals surface area contributed by atoms with Crippen molar-refractivity contribution in [3.05, 3.63) is 16.0 Å². The van der Waals surface area contributed by atoms with Crippen molar-refractivity contribution in [2.45, 2.75) is 39.0 Å². The van der Waals surface area contributed by atoms with Gasteiger partial charge in [-0.15, -0.1) is 11.3 Å². The molecule has 3 nitrogen and oxygen atoms in total. The lowest BCUT2D eigenvalue weighted by molar-refractivity contribution is -0.117. The fourth-order valence-corrected chi connectivity index (χ4v) is 3.72. The number of nitriles is 1. The first-order valence-corrected chi connectivity index (χ1v) is 7.36. The highest BCUT2D eigenvalue weighted by molar-refractivity contribution is 7.16. The van der Waals surface area contributed by atoms with Crippen LogP contribution in [0.3, 0.4) is 0 Å². The van der Waals surface area contributed by atoms with E-state index in [4.69, 9.17) is 0 Å². The van der Waals surface area contributed by atoms with Gasteiger partial charge in [-0.2, -0.15) is 5.26 Å². The van der Waals surface area contributed by atoms with Crippen LogP contribution in [0.25, 0.3) is 0 Å². The second kappa shape index (κ2) is 4.40. The standard InChI is InChI=1S/C14H16N2OS/c1-8-2-5-12-10(6-8)11(7-15)14(18-12)16-13(17)9-3-4-9/h8-9H,2-6H2,1H3,(H,16,17)/t8-/m0/s1. The van der Waals surface area contributed by atoms with E-state index in [0.29, 0.717) is 5.92 Å². The number of carbonyl (C=O) groups excluding carboxylic acids is 1. The van der Waals surface area contributed by atoms with Gasteiger partial charge in [0.1, 0.15) is 11.1 Å². The Morgan fingerprint density at radius 1 is 1.44 bits per heavy atom.